The Balaban J connectivity index is 2.11. The second kappa shape index (κ2) is 5.21. The van der Waals surface area contributed by atoms with Crippen molar-refractivity contribution in [1.29, 1.82) is 0 Å². The van der Waals surface area contributed by atoms with Crippen molar-refractivity contribution in [1.82, 2.24) is 5.32 Å². The Labute approximate surface area is 96.8 Å². The minimum atomic E-state index is 0.406. The maximum atomic E-state index is 5.73. The molecule has 1 N–H and O–H groups in total. The molecule has 88 valence electrons. The number of ether oxygens (including phenoxy) is 2. The van der Waals surface area contributed by atoms with Gasteiger partial charge in [0.05, 0.1) is 7.11 Å². The molecule has 3 nitrogen and oxygen atoms in total. The van der Waals surface area contributed by atoms with E-state index in [1.54, 1.807) is 7.11 Å². The topological polar surface area (TPSA) is 30.5 Å². The van der Waals surface area contributed by atoms with Gasteiger partial charge in [-0.2, -0.15) is 0 Å². The lowest BCUT2D eigenvalue weighted by Crippen LogP contribution is -2.39. The molecule has 0 aromatic heterocycles. The van der Waals surface area contributed by atoms with Crippen molar-refractivity contribution >= 4 is 0 Å². The lowest BCUT2D eigenvalue weighted by molar-refractivity contribution is 0.235. The molecule has 0 aliphatic carbocycles. The Morgan fingerprint density at radius 3 is 3.12 bits per heavy atom. The zero-order valence-corrected chi connectivity index (χ0v) is 9.95. The van der Waals surface area contributed by atoms with Crippen molar-refractivity contribution in [3.8, 4) is 11.5 Å². The number of nitrogens with one attached hydrogen (secondary N) is 1. The molecule has 0 amide bonds. The largest absolute Gasteiger partial charge is 0.496 e. The molecule has 0 radical (unpaired) electrons. The number of methoxy groups -OCH3 is 1. The maximum absolute atomic E-state index is 5.73. The van der Waals surface area contributed by atoms with E-state index in [1.165, 1.54) is 5.56 Å². The fourth-order valence-electron chi connectivity index (χ4n) is 2.05. The summed E-state index contributed by atoms with van der Waals surface area (Å²) in [7, 11) is 1.71. The summed E-state index contributed by atoms with van der Waals surface area (Å²) >= 11 is 0. The van der Waals surface area contributed by atoms with Crippen LogP contribution in [-0.2, 0) is 6.42 Å². The summed E-state index contributed by atoms with van der Waals surface area (Å²) in [5.74, 6) is 1.90. The summed E-state index contributed by atoms with van der Waals surface area (Å²) in [5, 5.41) is 3.48. The second-order valence-corrected chi connectivity index (χ2v) is 4.10. The Kier molecular flexibility index (Phi) is 3.67. The molecule has 0 unspecified atom stereocenters. The van der Waals surface area contributed by atoms with Crippen LogP contribution in [0.4, 0.5) is 0 Å². The highest BCUT2D eigenvalue weighted by atomic mass is 16.5. The van der Waals surface area contributed by atoms with Crippen LogP contribution in [0, 0.1) is 0 Å². The van der Waals surface area contributed by atoms with Crippen molar-refractivity contribution in [3.05, 3.63) is 23.8 Å². The molecule has 1 aliphatic heterocycles. The molecule has 1 heterocycles. The molecule has 0 spiro atoms. The summed E-state index contributed by atoms with van der Waals surface area (Å²) in [5.41, 5.74) is 1.19. The minimum absolute atomic E-state index is 0.406. The van der Waals surface area contributed by atoms with Gasteiger partial charge in [-0.1, -0.05) is 13.0 Å². The number of hydrogen-bond donors (Lipinski definition) is 1. The van der Waals surface area contributed by atoms with E-state index >= 15 is 0 Å². The van der Waals surface area contributed by atoms with Crippen LogP contribution < -0.4 is 14.8 Å². The van der Waals surface area contributed by atoms with Gasteiger partial charge in [0, 0.05) is 11.6 Å². The van der Waals surface area contributed by atoms with Gasteiger partial charge in [-0.3, -0.25) is 0 Å². The van der Waals surface area contributed by atoms with E-state index in [0.29, 0.717) is 6.04 Å². The van der Waals surface area contributed by atoms with Crippen LogP contribution in [-0.4, -0.2) is 26.3 Å². The van der Waals surface area contributed by atoms with E-state index in [-0.39, 0.29) is 0 Å². The van der Waals surface area contributed by atoms with Crippen molar-refractivity contribution in [3.63, 3.8) is 0 Å². The van der Waals surface area contributed by atoms with E-state index in [1.807, 2.05) is 18.2 Å². The molecule has 16 heavy (non-hydrogen) atoms. The monoisotopic (exact) mass is 221 g/mol. The first-order chi connectivity index (χ1) is 7.85. The zero-order valence-electron chi connectivity index (χ0n) is 9.95. The Bertz CT molecular complexity index is 338. The van der Waals surface area contributed by atoms with Gasteiger partial charge < -0.3 is 14.8 Å². The summed E-state index contributed by atoms with van der Waals surface area (Å²) in [6, 6.07) is 6.37. The molecule has 1 aromatic rings. The van der Waals surface area contributed by atoms with Gasteiger partial charge in [0.25, 0.3) is 0 Å². The highest BCUT2D eigenvalue weighted by Crippen LogP contribution is 2.32. The third kappa shape index (κ3) is 2.30. The van der Waals surface area contributed by atoms with Gasteiger partial charge >= 0.3 is 0 Å². The van der Waals surface area contributed by atoms with Gasteiger partial charge in [-0.15, -0.1) is 0 Å². The quantitative estimate of drug-likeness (QED) is 0.843. The maximum Gasteiger partial charge on any atom is 0.126 e. The Hall–Kier alpha value is -1.22. The summed E-state index contributed by atoms with van der Waals surface area (Å²) in [6.07, 6.45) is 2.13. The Morgan fingerprint density at radius 1 is 1.50 bits per heavy atom. The third-order valence-electron chi connectivity index (χ3n) is 2.88. The van der Waals surface area contributed by atoms with Crippen LogP contribution in [0.1, 0.15) is 18.9 Å². The molecule has 3 heteroatoms. The second-order valence-electron chi connectivity index (χ2n) is 4.10. The fourth-order valence-corrected chi connectivity index (χ4v) is 2.05. The number of rotatable bonds is 4. The first-order valence-electron chi connectivity index (χ1n) is 5.87. The highest BCUT2D eigenvalue weighted by Gasteiger charge is 2.21. The molecule has 0 bridgehead atoms. The molecule has 0 saturated heterocycles. The van der Waals surface area contributed by atoms with Crippen LogP contribution in [0.25, 0.3) is 0 Å². The molecule has 2 rings (SSSR count). The van der Waals surface area contributed by atoms with E-state index in [9.17, 15) is 0 Å². The smallest absolute Gasteiger partial charge is 0.126 e. The lowest BCUT2D eigenvalue weighted by Gasteiger charge is -2.27. The molecule has 1 atom stereocenters. The van der Waals surface area contributed by atoms with Gasteiger partial charge in [0.2, 0.25) is 0 Å². The van der Waals surface area contributed by atoms with Crippen LogP contribution in [0.15, 0.2) is 18.2 Å². The standard InChI is InChI=1S/C13H19NO2/c1-3-7-14-10-8-11-12(15-2)5-4-6-13(11)16-9-10/h4-6,10,14H,3,7-9H2,1-2H3/t10-/m1/s1. The Morgan fingerprint density at radius 2 is 2.38 bits per heavy atom. The average Bonchev–Trinajstić information content (AvgIpc) is 2.35. The van der Waals surface area contributed by atoms with Gasteiger partial charge in [-0.25, -0.2) is 0 Å². The third-order valence-corrected chi connectivity index (χ3v) is 2.88. The molecule has 1 aliphatic rings. The average molecular weight is 221 g/mol. The van der Waals surface area contributed by atoms with Crippen molar-refractivity contribution < 1.29 is 9.47 Å². The molecular formula is C13H19NO2. The minimum Gasteiger partial charge on any atom is -0.496 e. The lowest BCUT2D eigenvalue weighted by atomic mass is 10.0. The zero-order chi connectivity index (χ0) is 11.4. The number of fused-ring (bicyclic) bond motifs is 1. The van der Waals surface area contributed by atoms with Crippen molar-refractivity contribution in [2.45, 2.75) is 25.8 Å². The molecule has 0 saturated carbocycles. The first kappa shape index (κ1) is 11.3. The van der Waals surface area contributed by atoms with E-state index in [0.717, 1.165) is 37.5 Å². The predicted molar refractivity (Wildman–Crippen MR) is 64.3 cm³/mol. The van der Waals surface area contributed by atoms with Crippen molar-refractivity contribution in [2.24, 2.45) is 0 Å². The first-order valence-corrected chi connectivity index (χ1v) is 5.87. The SMILES string of the molecule is CCCN[C@H]1COc2cccc(OC)c2C1. The predicted octanol–water partition coefficient (Wildman–Crippen LogP) is 2.00. The van der Waals surface area contributed by atoms with Crippen molar-refractivity contribution in [2.75, 3.05) is 20.3 Å². The van der Waals surface area contributed by atoms with E-state index in [2.05, 4.69) is 12.2 Å². The molecule has 0 fully saturated rings. The van der Waals surface area contributed by atoms with Gasteiger partial charge in [0.15, 0.2) is 0 Å². The molecule has 1 aromatic carbocycles. The van der Waals surface area contributed by atoms with Crippen LogP contribution in [0.3, 0.4) is 0 Å². The number of hydrogen-bond acceptors (Lipinski definition) is 3. The summed E-state index contributed by atoms with van der Waals surface area (Å²) in [6.45, 7) is 3.96. The van der Waals surface area contributed by atoms with Gasteiger partial charge in [-0.05, 0) is 31.5 Å². The van der Waals surface area contributed by atoms with Crippen LogP contribution in [0.5, 0.6) is 11.5 Å². The summed E-state index contributed by atoms with van der Waals surface area (Å²) < 4.78 is 11.1. The van der Waals surface area contributed by atoms with E-state index in [4.69, 9.17) is 9.47 Å². The van der Waals surface area contributed by atoms with Crippen LogP contribution in [0.2, 0.25) is 0 Å². The summed E-state index contributed by atoms with van der Waals surface area (Å²) in [4.78, 5) is 0. The normalized spacial score (nSPS) is 18.8. The molecular weight excluding hydrogens is 202 g/mol. The van der Waals surface area contributed by atoms with Gasteiger partial charge in [0.1, 0.15) is 18.1 Å². The highest BCUT2D eigenvalue weighted by molar-refractivity contribution is 5.46. The fraction of sp³-hybridized carbons (Fsp3) is 0.538. The van der Waals surface area contributed by atoms with Crippen LogP contribution >= 0.6 is 0 Å². The number of benzene rings is 1. The van der Waals surface area contributed by atoms with E-state index < -0.39 is 0 Å².